The van der Waals surface area contributed by atoms with Crippen molar-refractivity contribution in [3.63, 3.8) is 0 Å². The average molecular weight is 350 g/mol. The molecule has 0 spiro atoms. The minimum atomic E-state index is -0.0451. The van der Waals surface area contributed by atoms with E-state index >= 15 is 0 Å². The fourth-order valence-electron chi connectivity index (χ4n) is 3.45. The second kappa shape index (κ2) is 8.65. The summed E-state index contributed by atoms with van der Waals surface area (Å²) in [6.45, 7) is 3.40. The zero-order valence-corrected chi connectivity index (χ0v) is 15.3. The monoisotopic (exact) mass is 350 g/mol. The number of carbonyl (C=O) groups is 2. The lowest BCUT2D eigenvalue weighted by atomic mass is 9.90. The molecule has 1 fully saturated rings. The zero-order valence-electron chi connectivity index (χ0n) is 15.3. The van der Waals surface area contributed by atoms with E-state index in [9.17, 15) is 9.59 Å². The third-order valence-corrected chi connectivity index (χ3v) is 4.98. The molecule has 0 saturated carbocycles. The first-order valence-electron chi connectivity index (χ1n) is 9.39. The normalized spacial score (nSPS) is 14.9. The highest BCUT2D eigenvalue weighted by atomic mass is 16.2. The van der Waals surface area contributed by atoms with E-state index in [0.717, 1.165) is 32.4 Å². The van der Waals surface area contributed by atoms with Crippen molar-refractivity contribution in [1.29, 1.82) is 0 Å². The molecule has 26 heavy (non-hydrogen) atoms. The molecular weight excluding hydrogens is 324 g/mol. The third-order valence-electron chi connectivity index (χ3n) is 4.98. The number of carbonyl (C=O) groups excluding carboxylic acids is 2. The second-order valence-electron chi connectivity index (χ2n) is 6.91. The molecule has 0 atom stereocenters. The minimum absolute atomic E-state index is 0.0451. The summed E-state index contributed by atoms with van der Waals surface area (Å²) in [7, 11) is 0. The molecule has 0 aromatic heterocycles. The topological polar surface area (TPSA) is 49.4 Å². The molecule has 1 aliphatic rings. The molecule has 1 N–H and O–H groups in total. The lowest BCUT2D eigenvalue weighted by molar-refractivity contribution is -0.115. The molecule has 3 rings (SSSR count). The predicted octanol–water partition coefficient (Wildman–Crippen LogP) is 4.13. The molecule has 2 aromatic rings. The van der Waals surface area contributed by atoms with Crippen LogP contribution in [0.5, 0.6) is 0 Å². The van der Waals surface area contributed by atoms with Crippen molar-refractivity contribution in [3.8, 4) is 0 Å². The molecule has 4 nitrogen and oxygen atoms in total. The first-order chi connectivity index (χ1) is 12.7. The first kappa shape index (κ1) is 18.2. The SMILES string of the molecule is CCC(=O)Nc1cccc(C(=O)N2CCC(Cc3ccccc3)CC2)c1. The minimum Gasteiger partial charge on any atom is -0.339 e. The Balaban J connectivity index is 1.56. The number of piperidine rings is 1. The Morgan fingerprint density at radius 1 is 1.04 bits per heavy atom. The van der Waals surface area contributed by atoms with Gasteiger partial charge >= 0.3 is 0 Å². The molecule has 1 aliphatic heterocycles. The molecule has 2 amide bonds. The highest BCUT2D eigenvalue weighted by Crippen LogP contribution is 2.23. The summed E-state index contributed by atoms with van der Waals surface area (Å²) in [6, 6.07) is 17.8. The van der Waals surface area contributed by atoms with Crippen LogP contribution < -0.4 is 5.32 Å². The number of benzene rings is 2. The van der Waals surface area contributed by atoms with Gasteiger partial charge in [0, 0.05) is 30.8 Å². The Morgan fingerprint density at radius 2 is 1.77 bits per heavy atom. The Hall–Kier alpha value is -2.62. The van der Waals surface area contributed by atoms with Gasteiger partial charge in [0.2, 0.25) is 5.91 Å². The second-order valence-corrected chi connectivity index (χ2v) is 6.91. The van der Waals surface area contributed by atoms with Gasteiger partial charge in [0.1, 0.15) is 0 Å². The van der Waals surface area contributed by atoms with Crippen molar-refractivity contribution in [3.05, 3.63) is 65.7 Å². The van der Waals surface area contributed by atoms with Gasteiger partial charge in [-0.25, -0.2) is 0 Å². The first-order valence-corrected chi connectivity index (χ1v) is 9.39. The number of nitrogens with zero attached hydrogens (tertiary/aromatic N) is 1. The maximum absolute atomic E-state index is 12.8. The van der Waals surface area contributed by atoms with Gasteiger partial charge in [0.25, 0.3) is 5.91 Å². The molecule has 1 saturated heterocycles. The van der Waals surface area contributed by atoms with Gasteiger partial charge < -0.3 is 10.2 Å². The van der Waals surface area contributed by atoms with Gasteiger partial charge in [-0.1, -0.05) is 43.3 Å². The van der Waals surface area contributed by atoms with E-state index in [1.54, 1.807) is 6.07 Å². The Kier molecular flexibility index (Phi) is 6.05. The molecule has 0 aliphatic carbocycles. The van der Waals surface area contributed by atoms with Gasteiger partial charge in [-0.15, -0.1) is 0 Å². The fourth-order valence-corrected chi connectivity index (χ4v) is 3.45. The third kappa shape index (κ3) is 4.72. The van der Waals surface area contributed by atoms with Crippen molar-refractivity contribution in [2.45, 2.75) is 32.6 Å². The van der Waals surface area contributed by atoms with Crippen LogP contribution >= 0.6 is 0 Å². The summed E-state index contributed by atoms with van der Waals surface area (Å²) in [6.07, 6.45) is 3.58. The summed E-state index contributed by atoms with van der Waals surface area (Å²) >= 11 is 0. The quantitative estimate of drug-likeness (QED) is 0.881. The van der Waals surface area contributed by atoms with Crippen LogP contribution in [0.4, 0.5) is 5.69 Å². The van der Waals surface area contributed by atoms with Crippen LogP contribution in [-0.2, 0) is 11.2 Å². The lowest BCUT2D eigenvalue weighted by Gasteiger charge is -2.32. The number of anilines is 1. The van der Waals surface area contributed by atoms with Crippen LogP contribution in [-0.4, -0.2) is 29.8 Å². The number of rotatable bonds is 5. The standard InChI is InChI=1S/C22H26N2O2/c1-2-21(25)23-20-10-6-9-19(16-20)22(26)24-13-11-18(12-14-24)15-17-7-4-3-5-8-17/h3-10,16,18H,2,11-15H2,1H3,(H,23,25). The van der Waals surface area contributed by atoms with E-state index < -0.39 is 0 Å². The molecule has 2 aromatic carbocycles. The predicted molar refractivity (Wildman–Crippen MR) is 104 cm³/mol. The van der Waals surface area contributed by atoms with E-state index in [1.807, 2.05) is 36.1 Å². The van der Waals surface area contributed by atoms with E-state index in [1.165, 1.54) is 5.56 Å². The highest BCUT2D eigenvalue weighted by Gasteiger charge is 2.24. The van der Waals surface area contributed by atoms with Gasteiger partial charge in [0.15, 0.2) is 0 Å². The molecule has 0 unspecified atom stereocenters. The Morgan fingerprint density at radius 3 is 2.46 bits per heavy atom. The summed E-state index contributed by atoms with van der Waals surface area (Å²) in [5.74, 6) is 0.642. The van der Waals surface area contributed by atoms with E-state index in [4.69, 9.17) is 0 Å². The number of amides is 2. The van der Waals surface area contributed by atoms with Crippen LogP contribution in [0.2, 0.25) is 0 Å². The van der Waals surface area contributed by atoms with Crippen molar-refractivity contribution >= 4 is 17.5 Å². The lowest BCUT2D eigenvalue weighted by Crippen LogP contribution is -2.38. The van der Waals surface area contributed by atoms with Gasteiger partial charge in [0.05, 0.1) is 0 Å². The van der Waals surface area contributed by atoms with E-state index in [2.05, 4.69) is 29.6 Å². The van der Waals surface area contributed by atoms with Crippen molar-refractivity contribution in [2.24, 2.45) is 5.92 Å². The number of likely N-dealkylation sites (tertiary alicyclic amines) is 1. The smallest absolute Gasteiger partial charge is 0.253 e. The molecule has 0 radical (unpaired) electrons. The number of hydrogen-bond donors (Lipinski definition) is 1. The number of nitrogens with one attached hydrogen (secondary N) is 1. The largest absolute Gasteiger partial charge is 0.339 e. The van der Waals surface area contributed by atoms with Crippen LogP contribution in [0, 0.1) is 5.92 Å². The van der Waals surface area contributed by atoms with Crippen molar-refractivity contribution in [1.82, 2.24) is 4.90 Å². The maximum Gasteiger partial charge on any atom is 0.253 e. The number of hydrogen-bond acceptors (Lipinski definition) is 2. The molecule has 1 heterocycles. The van der Waals surface area contributed by atoms with Gasteiger partial charge in [-0.05, 0) is 48.9 Å². The molecule has 4 heteroatoms. The maximum atomic E-state index is 12.8. The Labute approximate surface area is 155 Å². The van der Waals surface area contributed by atoms with Crippen LogP contribution in [0.1, 0.15) is 42.1 Å². The van der Waals surface area contributed by atoms with Crippen LogP contribution in [0.25, 0.3) is 0 Å². The average Bonchev–Trinajstić information content (AvgIpc) is 2.69. The molecule has 0 bridgehead atoms. The summed E-state index contributed by atoms with van der Waals surface area (Å²) in [4.78, 5) is 26.3. The van der Waals surface area contributed by atoms with Crippen molar-refractivity contribution in [2.75, 3.05) is 18.4 Å². The Bertz CT molecular complexity index is 750. The fraction of sp³-hybridized carbons (Fsp3) is 0.364. The van der Waals surface area contributed by atoms with E-state index in [0.29, 0.717) is 23.6 Å². The highest BCUT2D eigenvalue weighted by molar-refractivity contribution is 5.97. The van der Waals surface area contributed by atoms with Crippen LogP contribution in [0.15, 0.2) is 54.6 Å². The summed E-state index contributed by atoms with van der Waals surface area (Å²) in [5.41, 5.74) is 2.69. The molecule has 136 valence electrons. The van der Waals surface area contributed by atoms with Gasteiger partial charge in [-0.2, -0.15) is 0 Å². The zero-order chi connectivity index (χ0) is 18.4. The van der Waals surface area contributed by atoms with Gasteiger partial charge in [-0.3, -0.25) is 9.59 Å². The summed E-state index contributed by atoms with van der Waals surface area (Å²) in [5, 5.41) is 2.81. The molecular formula is C22H26N2O2. The summed E-state index contributed by atoms with van der Waals surface area (Å²) < 4.78 is 0. The van der Waals surface area contributed by atoms with Crippen LogP contribution in [0.3, 0.4) is 0 Å². The van der Waals surface area contributed by atoms with E-state index in [-0.39, 0.29) is 11.8 Å². The van der Waals surface area contributed by atoms with Crippen molar-refractivity contribution < 1.29 is 9.59 Å².